The zero-order chi connectivity index (χ0) is 20.2. The third-order valence-electron chi connectivity index (χ3n) is 4.91. The van der Waals surface area contributed by atoms with Crippen LogP contribution in [0.3, 0.4) is 0 Å². The van der Waals surface area contributed by atoms with Crippen molar-refractivity contribution in [2.45, 2.75) is 12.8 Å². The Morgan fingerprint density at radius 2 is 1.72 bits per heavy atom. The van der Waals surface area contributed by atoms with Crippen LogP contribution in [-0.2, 0) is 6.42 Å². The van der Waals surface area contributed by atoms with Crippen LogP contribution >= 0.6 is 0 Å². The van der Waals surface area contributed by atoms with Gasteiger partial charge in [0.1, 0.15) is 17.1 Å². The number of benzene rings is 2. The maximum atomic E-state index is 13.1. The first kappa shape index (κ1) is 18.7. The molecule has 0 saturated heterocycles. The second kappa shape index (κ2) is 8.14. The second-order valence-corrected chi connectivity index (χ2v) is 6.75. The van der Waals surface area contributed by atoms with Crippen molar-refractivity contribution in [1.82, 2.24) is 4.98 Å². The third-order valence-corrected chi connectivity index (χ3v) is 4.91. The number of para-hydroxylation sites is 3. The van der Waals surface area contributed by atoms with E-state index < -0.39 is 5.91 Å². The summed E-state index contributed by atoms with van der Waals surface area (Å²) in [6.07, 6.45) is 1.85. The number of rotatable bonds is 4. The zero-order valence-electron chi connectivity index (χ0n) is 16.1. The number of hydrogen-bond acceptors (Lipinski definition) is 4. The lowest BCUT2D eigenvalue weighted by Gasteiger charge is -2.29. The summed E-state index contributed by atoms with van der Waals surface area (Å²) < 4.78 is 5.26. The fraction of sp³-hybridized carbons (Fsp3) is 0.174. The van der Waals surface area contributed by atoms with Crippen LogP contribution in [0.4, 0.5) is 11.4 Å². The Morgan fingerprint density at radius 1 is 0.966 bits per heavy atom. The van der Waals surface area contributed by atoms with Gasteiger partial charge < -0.3 is 15.0 Å². The molecule has 1 N–H and O–H groups in total. The zero-order valence-corrected chi connectivity index (χ0v) is 16.1. The number of carbonyl (C=O) groups excluding carboxylic acids is 2. The maximum Gasteiger partial charge on any atom is 0.276 e. The molecule has 2 aromatic carbocycles. The predicted molar refractivity (Wildman–Crippen MR) is 112 cm³/mol. The van der Waals surface area contributed by atoms with Crippen LogP contribution in [0.5, 0.6) is 5.75 Å². The summed E-state index contributed by atoms with van der Waals surface area (Å²) in [6, 6.07) is 19.9. The number of aryl methyl sites for hydroxylation is 1. The van der Waals surface area contributed by atoms with Crippen LogP contribution in [0.25, 0.3) is 0 Å². The van der Waals surface area contributed by atoms with Gasteiger partial charge in [-0.1, -0.05) is 36.4 Å². The number of ether oxygens (including phenoxy) is 1. The fourth-order valence-corrected chi connectivity index (χ4v) is 3.50. The Labute approximate surface area is 169 Å². The fourth-order valence-electron chi connectivity index (χ4n) is 3.50. The van der Waals surface area contributed by atoms with Gasteiger partial charge in [-0.15, -0.1) is 0 Å². The van der Waals surface area contributed by atoms with E-state index in [1.807, 2.05) is 30.3 Å². The molecular formula is C23H21N3O3. The van der Waals surface area contributed by atoms with Crippen molar-refractivity contribution in [3.05, 3.63) is 83.7 Å². The lowest BCUT2D eigenvalue weighted by atomic mass is 10.0. The minimum atomic E-state index is -0.400. The highest BCUT2D eigenvalue weighted by Crippen LogP contribution is 2.28. The molecule has 0 bridgehead atoms. The number of anilines is 2. The Kier molecular flexibility index (Phi) is 5.24. The standard InChI is InChI=1S/C23H21N3O3/c1-29-21-14-5-3-10-17(21)25-22(27)18-11-6-12-19(24-18)23(28)26-15-7-9-16-8-2-4-13-20(16)26/h2-6,8,10-14H,7,9,15H2,1H3,(H,25,27). The van der Waals surface area contributed by atoms with Gasteiger partial charge in [0.05, 0.1) is 12.8 Å². The third kappa shape index (κ3) is 3.82. The monoisotopic (exact) mass is 387 g/mol. The summed E-state index contributed by atoms with van der Waals surface area (Å²) in [7, 11) is 1.54. The van der Waals surface area contributed by atoms with Gasteiger partial charge in [0.25, 0.3) is 11.8 Å². The molecule has 0 radical (unpaired) electrons. The van der Waals surface area contributed by atoms with Crippen LogP contribution in [0.15, 0.2) is 66.7 Å². The van der Waals surface area contributed by atoms with Crippen molar-refractivity contribution in [1.29, 1.82) is 0 Å². The van der Waals surface area contributed by atoms with Crippen LogP contribution < -0.4 is 15.0 Å². The molecule has 1 aliphatic rings. The van der Waals surface area contributed by atoms with Crippen LogP contribution in [0.1, 0.15) is 33.0 Å². The Bertz CT molecular complexity index is 1060. The quantitative estimate of drug-likeness (QED) is 0.736. The molecule has 3 aromatic rings. The molecule has 0 saturated carbocycles. The van der Waals surface area contributed by atoms with E-state index in [-0.39, 0.29) is 17.3 Å². The van der Waals surface area contributed by atoms with Gasteiger partial charge in [0, 0.05) is 12.2 Å². The van der Waals surface area contributed by atoms with Gasteiger partial charge in [-0.2, -0.15) is 0 Å². The van der Waals surface area contributed by atoms with Crippen molar-refractivity contribution in [2.75, 3.05) is 23.9 Å². The molecule has 2 heterocycles. The smallest absolute Gasteiger partial charge is 0.276 e. The summed E-state index contributed by atoms with van der Waals surface area (Å²) in [6.45, 7) is 0.634. The summed E-state index contributed by atoms with van der Waals surface area (Å²) in [5.41, 5.74) is 3.02. The van der Waals surface area contributed by atoms with Crippen LogP contribution in [0.2, 0.25) is 0 Å². The van der Waals surface area contributed by atoms with E-state index in [0.717, 1.165) is 24.1 Å². The molecule has 1 aliphatic heterocycles. The van der Waals surface area contributed by atoms with Crippen LogP contribution in [-0.4, -0.2) is 30.5 Å². The Balaban J connectivity index is 1.58. The van der Waals surface area contributed by atoms with Gasteiger partial charge in [-0.25, -0.2) is 4.98 Å². The first-order valence-electron chi connectivity index (χ1n) is 9.48. The molecule has 29 heavy (non-hydrogen) atoms. The first-order chi connectivity index (χ1) is 14.2. The number of fused-ring (bicyclic) bond motifs is 1. The average Bonchev–Trinajstić information content (AvgIpc) is 2.78. The molecule has 6 heteroatoms. The van der Waals surface area contributed by atoms with Crippen LogP contribution in [0, 0.1) is 0 Å². The lowest BCUT2D eigenvalue weighted by Crippen LogP contribution is -2.36. The summed E-state index contributed by atoms with van der Waals surface area (Å²) in [5.74, 6) is -0.0507. The first-order valence-corrected chi connectivity index (χ1v) is 9.48. The van der Waals surface area contributed by atoms with E-state index in [4.69, 9.17) is 4.74 Å². The molecule has 0 spiro atoms. The summed E-state index contributed by atoms with van der Waals surface area (Å²) >= 11 is 0. The molecule has 146 valence electrons. The van der Waals surface area contributed by atoms with Gasteiger partial charge in [-0.05, 0) is 48.7 Å². The minimum Gasteiger partial charge on any atom is -0.495 e. The second-order valence-electron chi connectivity index (χ2n) is 6.75. The topological polar surface area (TPSA) is 71.5 Å². The van der Waals surface area contributed by atoms with E-state index in [0.29, 0.717) is 18.0 Å². The highest BCUT2D eigenvalue weighted by Gasteiger charge is 2.24. The molecule has 2 amide bonds. The highest BCUT2D eigenvalue weighted by atomic mass is 16.5. The molecule has 0 fully saturated rings. The van der Waals surface area contributed by atoms with E-state index in [1.54, 1.807) is 48.4 Å². The maximum absolute atomic E-state index is 13.1. The summed E-state index contributed by atoms with van der Waals surface area (Å²) in [4.78, 5) is 31.9. The molecule has 0 aliphatic carbocycles. The van der Waals surface area contributed by atoms with Crippen molar-refractivity contribution in [2.24, 2.45) is 0 Å². The number of pyridine rings is 1. The molecule has 0 unspecified atom stereocenters. The lowest BCUT2D eigenvalue weighted by molar-refractivity contribution is 0.0980. The minimum absolute atomic E-state index is 0.173. The van der Waals surface area contributed by atoms with Crippen molar-refractivity contribution in [3.63, 3.8) is 0 Å². The van der Waals surface area contributed by atoms with Gasteiger partial charge >= 0.3 is 0 Å². The number of nitrogens with zero attached hydrogens (tertiary/aromatic N) is 2. The SMILES string of the molecule is COc1ccccc1NC(=O)c1cccc(C(=O)N2CCCc3ccccc32)n1. The van der Waals surface area contributed by atoms with Gasteiger partial charge in [0.15, 0.2) is 0 Å². The van der Waals surface area contributed by atoms with E-state index in [1.165, 1.54) is 0 Å². The molecule has 4 rings (SSSR count). The summed E-state index contributed by atoms with van der Waals surface area (Å²) in [5, 5.41) is 2.79. The van der Waals surface area contributed by atoms with Crippen molar-refractivity contribution < 1.29 is 14.3 Å². The average molecular weight is 387 g/mol. The van der Waals surface area contributed by atoms with E-state index in [2.05, 4.69) is 10.3 Å². The largest absolute Gasteiger partial charge is 0.495 e. The number of amides is 2. The van der Waals surface area contributed by atoms with Gasteiger partial charge in [0.2, 0.25) is 0 Å². The Morgan fingerprint density at radius 3 is 2.59 bits per heavy atom. The highest BCUT2D eigenvalue weighted by molar-refractivity contribution is 6.07. The van der Waals surface area contributed by atoms with Crippen molar-refractivity contribution in [3.8, 4) is 5.75 Å². The number of carbonyl (C=O) groups is 2. The number of hydrogen-bond donors (Lipinski definition) is 1. The number of aromatic nitrogens is 1. The molecule has 1 aromatic heterocycles. The molecular weight excluding hydrogens is 366 g/mol. The Hall–Kier alpha value is -3.67. The molecule has 6 nitrogen and oxygen atoms in total. The van der Waals surface area contributed by atoms with Crippen molar-refractivity contribution >= 4 is 23.2 Å². The number of nitrogens with one attached hydrogen (secondary N) is 1. The number of methoxy groups -OCH3 is 1. The predicted octanol–water partition coefficient (Wildman–Crippen LogP) is 3.94. The van der Waals surface area contributed by atoms with E-state index in [9.17, 15) is 9.59 Å². The molecule has 0 atom stereocenters. The van der Waals surface area contributed by atoms with E-state index >= 15 is 0 Å². The van der Waals surface area contributed by atoms with Gasteiger partial charge in [-0.3, -0.25) is 9.59 Å². The normalized spacial score (nSPS) is 12.8.